The predicted octanol–water partition coefficient (Wildman–Crippen LogP) is 4.30. The van der Waals surface area contributed by atoms with E-state index in [1.165, 1.54) is 77.0 Å². The molecule has 8 rings (SSSR count). The molecule has 0 aromatic carbocycles. The Balaban J connectivity index is 0.866. The minimum Gasteiger partial charge on any atom is -0.338 e. The molecule has 0 aliphatic heterocycles. The van der Waals surface area contributed by atoms with Crippen LogP contribution in [0, 0.1) is 35.5 Å². The van der Waals surface area contributed by atoms with Crippen LogP contribution in [-0.2, 0) is 0 Å². The lowest BCUT2D eigenvalue weighted by atomic mass is 9.53. The van der Waals surface area contributed by atoms with Gasteiger partial charge in [-0.1, -0.05) is 0 Å². The minimum atomic E-state index is 0.0134. The Hall–Kier alpha value is -1.46. The Morgan fingerprint density at radius 3 is 1.09 bits per heavy atom. The van der Waals surface area contributed by atoms with Crippen molar-refractivity contribution in [1.29, 1.82) is 0 Å². The van der Waals surface area contributed by atoms with Gasteiger partial charge in [0.25, 0.3) is 0 Å². The molecule has 0 aromatic heterocycles. The van der Waals surface area contributed by atoms with Gasteiger partial charge in [-0.25, -0.2) is 9.59 Å². The van der Waals surface area contributed by atoms with Crippen molar-refractivity contribution in [3.63, 3.8) is 0 Å². The quantitative estimate of drug-likeness (QED) is 0.443. The lowest BCUT2D eigenvalue weighted by Gasteiger charge is -2.56. The molecule has 0 heterocycles. The van der Waals surface area contributed by atoms with E-state index in [1.807, 2.05) is 0 Å². The smallest absolute Gasteiger partial charge is 0.315 e. The molecule has 0 spiro atoms. The molecule has 178 valence electrons. The Morgan fingerprint density at radius 1 is 0.531 bits per heavy atom. The third-order valence-corrected chi connectivity index (χ3v) is 10.0. The Labute approximate surface area is 192 Å². The van der Waals surface area contributed by atoms with Gasteiger partial charge in [-0.05, 0) is 125 Å². The van der Waals surface area contributed by atoms with Crippen molar-refractivity contribution in [3.8, 4) is 0 Å². The van der Waals surface area contributed by atoms with Crippen molar-refractivity contribution < 1.29 is 9.59 Å². The summed E-state index contributed by atoms with van der Waals surface area (Å²) in [7, 11) is 0. The van der Waals surface area contributed by atoms with Crippen LogP contribution in [-0.4, -0.2) is 36.2 Å². The van der Waals surface area contributed by atoms with Crippen molar-refractivity contribution in [2.24, 2.45) is 35.5 Å². The van der Waals surface area contributed by atoms with E-state index in [4.69, 9.17) is 0 Å². The van der Waals surface area contributed by atoms with Gasteiger partial charge in [0.15, 0.2) is 0 Å². The topological polar surface area (TPSA) is 82.3 Å². The van der Waals surface area contributed by atoms with Gasteiger partial charge in [0.05, 0.1) is 0 Å². The van der Waals surface area contributed by atoms with Gasteiger partial charge in [-0.3, -0.25) is 0 Å². The van der Waals surface area contributed by atoms with Crippen LogP contribution in [0.25, 0.3) is 0 Å². The number of nitrogens with one attached hydrogen (secondary N) is 4. The molecule has 0 atom stereocenters. The first kappa shape index (κ1) is 21.1. The fourth-order valence-corrected chi connectivity index (χ4v) is 9.75. The van der Waals surface area contributed by atoms with Crippen LogP contribution in [0.4, 0.5) is 9.59 Å². The van der Waals surface area contributed by atoms with E-state index in [-0.39, 0.29) is 23.1 Å². The van der Waals surface area contributed by atoms with Crippen LogP contribution in [0.5, 0.6) is 0 Å². The number of hydrogen-bond acceptors (Lipinski definition) is 2. The zero-order chi connectivity index (χ0) is 21.8. The number of carbonyl (C=O) groups is 2. The molecule has 32 heavy (non-hydrogen) atoms. The zero-order valence-electron chi connectivity index (χ0n) is 19.6. The van der Waals surface area contributed by atoms with Crippen LogP contribution >= 0.6 is 0 Å². The van der Waals surface area contributed by atoms with E-state index in [0.29, 0.717) is 13.1 Å². The zero-order valence-corrected chi connectivity index (χ0v) is 19.6. The van der Waals surface area contributed by atoms with Crippen molar-refractivity contribution in [3.05, 3.63) is 0 Å². The maximum Gasteiger partial charge on any atom is 0.315 e. The summed E-state index contributed by atoms with van der Waals surface area (Å²) in [5.41, 5.74) is 0.158. The first-order chi connectivity index (χ1) is 15.5. The highest BCUT2D eigenvalue weighted by atomic mass is 16.2. The van der Waals surface area contributed by atoms with Crippen LogP contribution in [0.3, 0.4) is 0 Å². The summed E-state index contributed by atoms with van der Waals surface area (Å²) >= 11 is 0. The molecule has 8 bridgehead atoms. The predicted molar refractivity (Wildman–Crippen MR) is 124 cm³/mol. The van der Waals surface area contributed by atoms with E-state index < -0.39 is 0 Å². The first-order valence-electron chi connectivity index (χ1n) is 13.6. The normalized spacial score (nSPS) is 45.0. The molecule has 0 aromatic rings. The monoisotopic (exact) mass is 442 g/mol. The highest BCUT2D eigenvalue weighted by molar-refractivity contribution is 5.75. The number of hydrogen-bond donors (Lipinski definition) is 4. The van der Waals surface area contributed by atoms with Gasteiger partial charge < -0.3 is 21.3 Å². The second kappa shape index (κ2) is 8.09. The molecule has 0 radical (unpaired) electrons. The van der Waals surface area contributed by atoms with Crippen molar-refractivity contribution in [2.45, 2.75) is 101 Å². The lowest BCUT2D eigenvalue weighted by Crippen LogP contribution is -2.61. The highest BCUT2D eigenvalue weighted by Gasteiger charge is 2.52. The number of carbonyl (C=O) groups excluding carboxylic acids is 2. The molecule has 8 aliphatic carbocycles. The molecule has 0 saturated heterocycles. The van der Waals surface area contributed by atoms with E-state index >= 15 is 0 Å². The van der Waals surface area contributed by atoms with Crippen LogP contribution in [0.2, 0.25) is 0 Å². The van der Waals surface area contributed by atoms with E-state index in [1.54, 1.807) is 0 Å². The molecule has 6 heteroatoms. The highest BCUT2D eigenvalue weighted by Crippen LogP contribution is 2.56. The van der Waals surface area contributed by atoms with E-state index in [0.717, 1.165) is 48.3 Å². The van der Waals surface area contributed by atoms with Crippen molar-refractivity contribution >= 4 is 12.1 Å². The van der Waals surface area contributed by atoms with Gasteiger partial charge in [-0.2, -0.15) is 0 Å². The summed E-state index contributed by atoms with van der Waals surface area (Å²) in [5.74, 6) is 5.07. The second-order valence-electron chi connectivity index (χ2n) is 12.9. The average molecular weight is 443 g/mol. The Kier molecular flexibility index (Phi) is 5.33. The van der Waals surface area contributed by atoms with Gasteiger partial charge in [0.2, 0.25) is 0 Å². The summed E-state index contributed by atoms with van der Waals surface area (Å²) < 4.78 is 0. The fraction of sp³-hybridized carbons (Fsp3) is 0.923. The summed E-state index contributed by atoms with van der Waals surface area (Å²) in [5, 5.41) is 12.9. The Bertz CT molecular complexity index is 618. The summed E-state index contributed by atoms with van der Waals surface area (Å²) in [4.78, 5) is 25.0. The molecule has 8 aliphatic rings. The van der Waals surface area contributed by atoms with Crippen molar-refractivity contribution in [1.82, 2.24) is 21.3 Å². The molecule has 4 N–H and O–H groups in total. The summed E-state index contributed by atoms with van der Waals surface area (Å²) in [6, 6.07) is 0.0268. The maximum absolute atomic E-state index is 12.5. The molecule has 8 fully saturated rings. The standard InChI is InChI=1S/C26H42N4O2/c31-23(29-25-11-17-5-18(12-25)7-19(6-17)13-25)27-3-1-2-4-28-24(32)30-26-14-20-8-21(15-26)10-22(9-20)16-26/h17-22H,1-16H2,(H2,27,29,31)(H2,28,30,32). The molecular weight excluding hydrogens is 400 g/mol. The molecule has 6 nitrogen and oxygen atoms in total. The van der Waals surface area contributed by atoms with Gasteiger partial charge in [-0.15, -0.1) is 0 Å². The van der Waals surface area contributed by atoms with E-state index in [9.17, 15) is 9.59 Å². The van der Waals surface area contributed by atoms with E-state index in [2.05, 4.69) is 21.3 Å². The molecular formula is C26H42N4O2. The van der Waals surface area contributed by atoms with Crippen LogP contribution in [0.1, 0.15) is 89.9 Å². The van der Waals surface area contributed by atoms with Gasteiger partial charge >= 0.3 is 12.1 Å². The Morgan fingerprint density at radius 2 is 0.812 bits per heavy atom. The third kappa shape index (κ3) is 4.23. The number of urea groups is 2. The second-order valence-corrected chi connectivity index (χ2v) is 12.9. The minimum absolute atomic E-state index is 0.0134. The molecule has 0 unspecified atom stereocenters. The summed E-state index contributed by atoms with van der Waals surface area (Å²) in [6.07, 6.45) is 17.3. The van der Waals surface area contributed by atoms with Gasteiger partial charge in [0.1, 0.15) is 0 Å². The SMILES string of the molecule is O=C(NCCCCNC(=O)NC12CC3CC(CC(C3)C1)C2)NC12CC3CC(CC(C3)C1)C2. The first-order valence-corrected chi connectivity index (χ1v) is 13.6. The molecule has 4 amide bonds. The third-order valence-electron chi connectivity index (χ3n) is 10.0. The van der Waals surface area contributed by atoms with Crippen LogP contribution < -0.4 is 21.3 Å². The van der Waals surface area contributed by atoms with Crippen molar-refractivity contribution in [2.75, 3.05) is 13.1 Å². The maximum atomic E-state index is 12.5. The number of amides is 4. The summed E-state index contributed by atoms with van der Waals surface area (Å²) in [6.45, 7) is 1.35. The average Bonchev–Trinajstić information content (AvgIpc) is 2.67. The largest absolute Gasteiger partial charge is 0.338 e. The van der Waals surface area contributed by atoms with Crippen LogP contribution in [0.15, 0.2) is 0 Å². The number of rotatable bonds is 7. The number of unbranched alkanes of at least 4 members (excludes halogenated alkanes) is 1. The fourth-order valence-electron chi connectivity index (χ4n) is 9.75. The van der Waals surface area contributed by atoms with Gasteiger partial charge in [0, 0.05) is 24.2 Å². The lowest BCUT2D eigenvalue weighted by molar-refractivity contribution is -0.0138. The molecule has 8 saturated carbocycles.